The van der Waals surface area contributed by atoms with Crippen LogP contribution in [0.3, 0.4) is 0 Å². The lowest BCUT2D eigenvalue weighted by atomic mass is 10.1. The Morgan fingerprint density at radius 1 is 1.00 bits per heavy atom. The van der Waals surface area contributed by atoms with E-state index in [9.17, 15) is 9.00 Å². The van der Waals surface area contributed by atoms with Crippen LogP contribution in [0.25, 0.3) is 0 Å². The molecule has 5 nitrogen and oxygen atoms in total. The second-order valence-electron chi connectivity index (χ2n) is 7.78. The fraction of sp³-hybridized carbons (Fsp3) is 0.292. The maximum absolute atomic E-state index is 12.9. The van der Waals surface area contributed by atoms with Gasteiger partial charge in [-0.1, -0.05) is 35.4 Å². The van der Waals surface area contributed by atoms with Crippen LogP contribution in [0.1, 0.15) is 27.4 Å². The summed E-state index contributed by atoms with van der Waals surface area (Å²) in [6.45, 7) is 6.74. The topological polar surface area (TPSA) is 53.8 Å². The summed E-state index contributed by atoms with van der Waals surface area (Å²) in [6.07, 6.45) is 0. The van der Waals surface area contributed by atoms with E-state index in [1.54, 1.807) is 17.0 Å². The molecular weight excluding hydrogens is 432 g/mol. The minimum Gasteiger partial charge on any atom is -0.455 e. The average molecular weight is 457 g/mol. The summed E-state index contributed by atoms with van der Waals surface area (Å²) in [6, 6.07) is 16.9. The summed E-state index contributed by atoms with van der Waals surface area (Å²) in [5.74, 6) is 0.964. The van der Waals surface area contributed by atoms with Crippen molar-refractivity contribution in [3.05, 3.63) is 82.3 Å². The van der Waals surface area contributed by atoms with Crippen molar-refractivity contribution in [2.45, 2.75) is 24.5 Å². The molecule has 1 saturated heterocycles. The van der Waals surface area contributed by atoms with E-state index >= 15 is 0 Å². The number of hydrogen-bond acceptors (Lipinski definition) is 4. The Bertz CT molecular complexity index is 1100. The Labute approximate surface area is 190 Å². The van der Waals surface area contributed by atoms with Crippen molar-refractivity contribution in [2.24, 2.45) is 0 Å². The molecule has 1 fully saturated rings. The van der Waals surface area contributed by atoms with E-state index in [1.165, 1.54) is 5.56 Å². The molecule has 0 bridgehead atoms. The Hall–Kier alpha value is -2.57. The third kappa shape index (κ3) is 5.02. The molecule has 0 N–H and O–H groups in total. The Morgan fingerprint density at radius 3 is 2.42 bits per heavy atom. The summed E-state index contributed by atoms with van der Waals surface area (Å²) in [5.41, 5.74) is 3.40. The number of furan rings is 1. The van der Waals surface area contributed by atoms with Gasteiger partial charge in [-0.15, -0.1) is 0 Å². The molecule has 1 aromatic heterocycles. The van der Waals surface area contributed by atoms with Gasteiger partial charge in [0.25, 0.3) is 5.91 Å². The lowest BCUT2D eigenvalue weighted by molar-refractivity contribution is 0.0713. The van der Waals surface area contributed by atoms with E-state index < -0.39 is 10.8 Å². The number of carbonyl (C=O) groups is 1. The monoisotopic (exact) mass is 456 g/mol. The summed E-state index contributed by atoms with van der Waals surface area (Å²) >= 11 is 6.15. The SMILES string of the molecule is Cc1ccc([S@](=O)Cc2ccc(C(=O)N3CCN(c4cc(Cl)ccc4C)CC3)o2)cc1. The van der Waals surface area contributed by atoms with Gasteiger partial charge in [0, 0.05) is 41.8 Å². The molecule has 31 heavy (non-hydrogen) atoms. The molecule has 0 radical (unpaired) electrons. The highest BCUT2D eigenvalue weighted by atomic mass is 35.5. The molecule has 0 aliphatic carbocycles. The molecule has 2 aromatic carbocycles. The zero-order valence-electron chi connectivity index (χ0n) is 17.6. The quantitative estimate of drug-likeness (QED) is 0.552. The Balaban J connectivity index is 1.36. The number of amides is 1. The van der Waals surface area contributed by atoms with E-state index in [4.69, 9.17) is 16.0 Å². The third-order valence-electron chi connectivity index (χ3n) is 5.51. The maximum atomic E-state index is 12.9. The normalized spacial score (nSPS) is 15.2. The van der Waals surface area contributed by atoms with Crippen molar-refractivity contribution in [1.82, 2.24) is 4.90 Å². The van der Waals surface area contributed by atoms with E-state index in [-0.39, 0.29) is 11.7 Å². The standard InChI is InChI=1S/C24H25ClN2O3S/c1-17-3-8-21(9-4-17)31(29)16-20-7-10-23(30-20)24(28)27-13-11-26(12-14-27)22-15-19(25)6-5-18(22)2/h3-10,15H,11-14,16H2,1-2H3/t31-/m1/s1. The van der Waals surface area contributed by atoms with Crippen molar-refractivity contribution in [3.63, 3.8) is 0 Å². The lowest BCUT2D eigenvalue weighted by Crippen LogP contribution is -2.48. The number of halogens is 1. The van der Waals surface area contributed by atoms with Crippen molar-refractivity contribution in [2.75, 3.05) is 31.1 Å². The highest BCUT2D eigenvalue weighted by Crippen LogP contribution is 2.26. The van der Waals surface area contributed by atoms with Crippen molar-refractivity contribution >= 4 is 34.0 Å². The van der Waals surface area contributed by atoms with Crippen LogP contribution in [0.5, 0.6) is 0 Å². The van der Waals surface area contributed by atoms with Gasteiger partial charge >= 0.3 is 0 Å². The highest BCUT2D eigenvalue weighted by Gasteiger charge is 2.25. The molecule has 0 saturated carbocycles. The van der Waals surface area contributed by atoms with Gasteiger partial charge in [0.2, 0.25) is 0 Å². The first-order valence-electron chi connectivity index (χ1n) is 10.2. The molecule has 162 valence electrons. The zero-order chi connectivity index (χ0) is 22.0. The summed E-state index contributed by atoms with van der Waals surface area (Å²) < 4.78 is 18.3. The lowest BCUT2D eigenvalue weighted by Gasteiger charge is -2.36. The molecule has 0 spiro atoms. The first-order valence-corrected chi connectivity index (χ1v) is 11.9. The van der Waals surface area contributed by atoms with Crippen LogP contribution in [0.4, 0.5) is 5.69 Å². The molecule has 1 aliphatic heterocycles. The van der Waals surface area contributed by atoms with Gasteiger partial charge in [0.1, 0.15) is 5.76 Å². The number of nitrogens with zero attached hydrogens (tertiary/aromatic N) is 2. The zero-order valence-corrected chi connectivity index (χ0v) is 19.2. The van der Waals surface area contributed by atoms with Crippen LogP contribution in [0, 0.1) is 13.8 Å². The number of rotatable bonds is 5. The molecule has 7 heteroatoms. The predicted molar refractivity (Wildman–Crippen MR) is 124 cm³/mol. The van der Waals surface area contributed by atoms with E-state index in [2.05, 4.69) is 11.8 Å². The molecule has 1 atom stereocenters. The van der Waals surface area contributed by atoms with Crippen LogP contribution in [-0.4, -0.2) is 41.2 Å². The molecule has 3 aromatic rings. The Kier molecular flexibility index (Phi) is 6.49. The summed E-state index contributed by atoms with van der Waals surface area (Å²) in [4.78, 5) is 17.7. The smallest absolute Gasteiger partial charge is 0.289 e. The molecule has 1 aliphatic rings. The fourth-order valence-corrected chi connectivity index (χ4v) is 4.89. The van der Waals surface area contributed by atoms with E-state index in [0.29, 0.717) is 29.6 Å². The number of hydrogen-bond donors (Lipinski definition) is 0. The van der Waals surface area contributed by atoms with Gasteiger partial charge in [0.15, 0.2) is 5.76 Å². The highest BCUT2D eigenvalue weighted by molar-refractivity contribution is 7.84. The van der Waals surface area contributed by atoms with Gasteiger partial charge in [0.05, 0.1) is 16.6 Å². The second kappa shape index (κ2) is 9.28. The number of aryl methyl sites for hydroxylation is 2. The average Bonchev–Trinajstić information content (AvgIpc) is 3.24. The number of carbonyl (C=O) groups excluding carboxylic acids is 1. The van der Waals surface area contributed by atoms with Crippen molar-refractivity contribution < 1.29 is 13.4 Å². The van der Waals surface area contributed by atoms with E-state index in [0.717, 1.165) is 29.2 Å². The molecule has 2 heterocycles. The van der Waals surface area contributed by atoms with Crippen LogP contribution in [-0.2, 0) is 16.6 Å². The van der Waals surface area contributed by atoms with Crippen molar-refractivity contribution in [3.8, 4) is 0 Å². The maximum Gasteiger partial charge on any atom is 0.289 e. The number of benzene rings is 2. The summed E-state index contributed by atoms with van der Waals surface area (Å²) in [7, 11) is -1.21. The van der Waals surface area contributed by atoms with Gasteiger partial charge in [-0.05, 0) is 55.8 Å². The van der Waals surface area contributed by atoms with Gasteiger partial charge in [-0.2, -0.15) is 0 Å². The molecule has 4 rings (SSSR count). The third-order valence-corrected chi connectivity index (χ3v) is 7.09. The van der Waals surface area contributed by atoms with Gasteiger partial charge in [-0.3, -0.25) is 9.00 Å². The second-order valence-corrected chi connectivity index (χ2v) is 9.67. The van der Waals surface area contributed by atoms with E-state index in [1.807, 2.05) is 49.4 Å². The molecule has 0 unspecified atom stereocenters. The number of piperazine rings is 1. The fourth-order valence-electron chi connectivity index (χ4n) is 3.70. The first-order chi connectivity index (χ1) is 14.9. The summed E-state index contributed by atoms with van der Waals surface area (Å²) in [5, 5.41) is 0.713. The molecular formula is C24H25ClN2O3S. The van der Waals surface area contributed by atoms with Gasteiger partial charge < -0.3 is 14.2 Å². The number of anilines is 1. The first kappa shape index (κ1) is 21.7. The van der Waals surface area contributed by atoms with Gasteiger partial charge in [-0.25, -0.2) is 0 Å². The minimum absolute atomic E-state index is 0.130. The Morgan fingerprint density at radius 2 is 1.71 bits per heavy atom. The van der Waals surface area contributed by atoms with Crippen LogP contribution >= 0.6 is 11.6 Å². The van der Waals surface area contributed by atoms with Crippen LogP contribution in [0.15, 0.2) is 63.9 Å². The van der Waals surface area contributed by atoms with Crippen LogP contribution < -0.4 is 4.90 Å². The predicted octanol–water partition coefficient (Wildman–Crippen LogP) is 4.82. The minimum atomic E-state index is -1.21. The largest absolute Gasteiger partial charge is 0.455 e. The van der Waals surface area contributed by atoms with Crippen molar-refractivity contribution in [1.29, 1.82) is 0 Å². The van der Waals surface area contributed by atoms with Crippen LogP contribution in [0.2, 0.25) is 5.02 Å². The molecule has 1 amide bonds.